The first kappa shape index (κ1) is 19.9. The third kappa shape index (κ3) is 3.99. The lowest BCUT2D eigenvalue weighted by Gasteiger charge is -2.26. The lowest BCUT2D eigenvalue weighted by molar-refractivity contribution is -0.120. The molecule has 30 heavy (non-hydrogen) atoms. The lowest BCUT2D eigenvalue weighted by Crippen LogP contribution is -2.35. The summed E-state index contributed by atoms with van der Waals surface area (Å²) in [6.07, 6.45) is 0. The molecule has 8 heteroatoms. The number of aromatic nitrogens is 2. The highest BCUT2D eigenvalue weighted by Gasteiger charge is 2.25. The van der Waals surface area contributed by atoms with Crippen molar-refractivity contribution >= 4 is 29.1 Å². The Kier molecular flexibility index (Phi) is 5.41. The Labute approximate surface area is 177 Å². The zero-order valence-corrected chi connectivity index (χ0v) is 17.2. The Morgan fingerprint density at radius 3 is 2.70 bits per heavy atom. The number of hydrogen-bond donors (Lipinski definition) is 1. The molecule has 1 atom stereocenters. The zero-order valence-electron chi connectivity index (χ0n) is 16.4. The van der Waals surface area contributed by atoms with Gasteiger partial charge in [0.15, 0.2) is 17.5 Å². The molecule has 4 rings (SSSR count). The number of rotatable bonds is 5. The Morgan fingerprint density at radius 2 is 1.93 bits per heavy atom. The number of ether oxygens (including phenoxy) is 1. The molecule has 1 unspecified atom stereocenters. The van der Waals surface area contributed by atoms with Crippen molar-refractivity contribution in [3.63, 3.8) is 0 Å². The smallest absolute Gasteiger partial charge is 0.264 e. The predicted molar refractivity (Wildman–Crippen MR) is 115 cm³/mol. The van der Waals surface area contributed by atoms with Crippen LogP contribution in [0.2, 0.25) is 0 Å². The number of fused-ring (bicyclic) bond motifs is 1. The van der Waals surface area contributed by atoms with Crippen LogP contribution in [0.4, 0.5) is 5.69 Å². The van der Waals surface area contributed by atoms with Crippen LogP contribution in [-0.4, -0.2) is 40.6 Å². The summed E-state index contributed by atoms with van der Waals surface area (Å²) in [5, 5.41) is -0.126. The van der Waals surface area contributed by atoms with E-state index in [1.165, 1.54) is 22.7 Å². The second-order valence-electron chi connectivity index (χ2n) is 6.85. The molecule has 1 aromatic heterocycles. The van der Waals surface area contributed by atoms with E-state index in [1.807, 2.05) is 30.3 Å². The Morgan fingerprint density at radius 1 is 1.17 bits per heavy atom. The highest BCUT2D eigenvalue weighted by atomic mass is 32.2. The molecule has 152 valence electrons. The first-order valence-corrected chi connectivity index (χ1v) is 10.2. The molecule has 0 spiro atoms. The number of anilines is 1. The Hall–Kier alpha value is -3.39. The lowest BCUT2D eigenvalue weighted by atomic mass is 10.1. The molecule has 1 aliphatic heterocycles. The largest absolute Gasteiger partial charge is 0.482 e. The summed E-state index contributed by atoms with van der Waals surface area (Å²) in [7, 11) is 1.65. The fraction of sp³-hybridized carbons (Fsp3) is 0.182. The van der Waals surface area contributed by atoms with Gasteiger partial charge in [0.25, 0.3) is 11.5 Å². The summed E-state index contributed by atoms with van der Waals surface area (Å²) in [6.45, 7) is 1.74. The van der Waals surface area contributed by atoms with Crippen LogP contribution in [0.15, 0.2) is 64.5 Å². The normalized spacial score (nSPS) is 14.1. The molecule has 0 radical (unpaired) electrons. The molecule has 3 aromatic rings. The summed E-state index contributed by atoms with van der Waals surface area (Å²) < 4.78 is 5.41. The molecular formula is C22H19N3O4S. The Bertz CT molecular complexity index is 1180. The zero-order chi connectivity index (χ0) is 21.3. The van der Waals surface area contributed by atoms with Gasteiger partial charge in [0.2, 0.25) is 0 Å². The number of likely N-dealkylation sites (N-methyl/N-ethyl adjacent to an activating group) is 1. The van der Waals surface area contributed by atoms with Gasteiger partial charge in [0.05, 0.1) is 16.6 Å². The number of nitrogens with one attached hydrogen (secondary N) is 1. The van der Waals surface area contributed by atoms with Crippen molar-refractivity contribution in [2.75, 3.05) is 18.6 Å². The van der Waals surface area contributed by atoms with Gasteiger partial charge in [0.1, 0.15) is 5.75 Å². The predicted octanol–water partition coefficient (Wildman–Crippen LogP) is 3.16. The van der Waals surface area contributed by atoms with E-state index in [0.717, 1.165) is 5.56 Å². The number of thioether (sulfide) groups is 1. The van der Waals surface area contributed by atoms with E-state index in [4.69, 9.17) is 4.74 Å². The molecule has 0 saturated heterocycles. The van der Waals surface area contributed by atoms with Crippen molar-refractivity contribution in [1.29, 1.82) is 0 Å². The minimum Gasteiger partial charge on any atom is -0.482 e. The molecule has 1 N–H and O–H groups in total. The van der Waals surface area contributed by atoms with Crippen molar-refractivity contribution < 1.29 is 14.3 Å². The monoisotopic (exact) mass is 421 g/mol. The maximum atomic E-state index is 13.0. The molecule has 0 aliphatic carbocycles. The third-order valence-electron chi connectivity index (χ3n) is 4.78. The first-order chi connectivity index (χ1) is 14.4. The van der Waals surface area contributed by atoms with Crippen molar-refractivity contribution in [3.05, 3.63) is 70.5 Å². The van der Waals surface area contributed by atoms with Crippen LogP contribution in [0.25, 0.3) is 11.3 Å². The number of H-pyrrole nitrogens is 1. The van der Waals surface area contributed by atoms with E-state index < -0.39 is 5.25 Å². The molecule has 0 bridgehead atoms. The number of nitrogens with zero attached hydrogens (tertiary/aromatic N) is 2. The van der Waals surface area contributed by atoms with E-state index in [2.05, 4.69) is 9.97 Å². The highest BCUT2D eigenvalue weighted by molar-refractivity contribution is 8.00. The van der Waals surface area contributed by atoms with Crippen LogP contribution in [0.3, 0.4) is 0 Å². The third-order valence-corrected chi connectivity index (χ3v) is 5.76. The van der Waals surface area contributed by atoms with Gasteiger partial charge in [-0.05, 0) is 25.1 Å². The van der Waals surface area contributed by atoms with Gasteiger partial charge in [-0.1, -0.05) is 42.1 Å². The second kappa shape index (κ2) is 8.16. The van der Waals surface area contributed by atoms with Crippen LogP contribution in [0.5, 0.6) is 5.75 Å². The number of Topliss-reactive ketones (excluding diaryl/α,β-unsaturated/α-hetero) is 1. The number of amides is 1. The number of carbonyl (C=O) groups excluding carboxylic acids is 2. The summed E-state index contributed by atoms with van der Waals surface area (Å²) in [5.74, 6) is 0.256. The standard InChI is InChI=1S/C22H19N3O4S/c1-13(21(28)15-8-9-18-17(10-15)25(2)20(27)12-29-18)30-22-23-16(11-19(26)24-22)14-6-4-3-5-7-14/h3-11,13H,12H2,1-2H3,(H,23,24,26). The summed E-state index contributed by atoms with van der Waals surface area (Å²) in [5.41, 5.74) is 2.11. The molecule has 1 aliphatic rings. The summed E-state index contributed by atoms with van der Waals surface area (Å²) >= 11 is 1.18. The number of hydrogen-bond acceptors (Lipinski definition) is 6. The molecule has 2 aromatic carbocycles. The average molecular weight is 421 g/mol. The van der Waals surface area contributed by atoms with Gasteiger partial charge in [-0.3, -0.25) is 14.4 Å². The van der Waals surface area contributed by atoms with Gasteiger partial charge in [-0.25, -0.2) is 4.98 Å². The fourth-order valence-electron chi connectivity index (χ4n) is 3.13. The number of benzene rings is 2. The van der Waals surface area contributed by atoms with Crippen LogP contribution >= 0.6 is 11.8 Å². The molecule has 7 nitrogen and oxygen atoms in total. The summed E-state index contributed by atoms with van der Waals surface area (Å²) in [6, 6.07) is 15.8. The van der Waals surface area contributed by atoms with E-state index in [9.17, 15) is 14.4 Å². The van der Waals surface area contributed by atoms with Gasteiger partial charge >= 0.3 is 0 Å². The number of ketones is 1. The second-order valence-corrected chi connectivity index (χ2v) is 8.18. The maximum absolute atomic E-state index is 13.0. The minimum atomic E-state index is -0.497. The van der Waals surface area contributed by atoms with Crippen molar-refractivity contribution in [1.82, 2.24) is 9.97 Å². The van der Waals surface area contributed by atoms with E-state index in [-0.39, 0.29) is 23.9 Å². The maximum Gasteiger partial charge on any atom is 0.264 e. The minimum absolute atomic E-state index is 0.0141. The average Bonchev–Trinajstić information content (AvgIpc) is 2.76. The SMILES string of the molecule is CC(Sc1nc(-c2ccccc2)cc(=O)[nH]1)C(=O)c1ccc2c(c1)N(C)C(=O)CO2. The molecule has 1 amide bonds. The molecular weight excluding hydrogens is 402 g/mol. The van der Waals surface area contributed by atoms with Gasteiger partial charge in [-0.2, -0.15) is 0 Å². The number of carbonyl (C=O) groups is 2. The van der Waals surface area contributed by atoms with Gasteiger partial charge in [-0.15, -0.1) is 0 Å². The van der Waals surface area contributed by atoms with Crippen molar-refractivity contribution in [2.24, 2.45) is 0 Å². The number of aromatic amines is 1. The van der Waals surface area contributed by atoms with E-state index in [0.29, 0.717) is 27.9 Å². The van der Waals surface area contributed by atoms with Crippen LogP contribution in [0, 0.1) is 0 Å². The van der Waals surface area contributed by atoms with Gasteiger partial charge < -0.3 is 14.6 Å². The van der Waals surface area contributed by atoms with Crippen LogP contribution in [0.1, 0.15) is 17.3 Å². The quantitative estimate of drug-likeness (QED) is 0.387. The molecule has 0 fully saturated rings. The van der Waals surface area contributed by atoms with Crippen LogP contribution in [-0.2, 0) is 4.79 Å². The van der Waals surface area contributed by atoms with Crippen molar-refractivity contribution in [3.8, 4) is 17.0 Å². The molecule has 0 saturated carbocycles. The van der Waals surface area contributed by atoms with Crippen molar-refractivity contribution in [2.45, 2.75) is 17.3 Å². The van der Waals surface area contributed by atoms with E-state index in [1.54, 1.807) is 32.2 Å². The first-order valence-electron chi connectivity index (χ1n) is 9.33. The van der Waals surface area contributed by atoms with Crippen LogP contribution < -0.4 is 15.2 Å². The molecule has 2 heterocycles. The van der Waals surface area contributed by atoms with Gasteiger partial charge in [0, 0.05) is 24.2 Å². The fourth-order valence-corrected chi connectivity index (χ4v) is 4.02. The van der Waals surface area contributed by atoms with E-state index >= 15 is 0 Å². The summed E-state index contributed by atoms with van der Waals surface area (Å²) in [4.78, 5) is 45.6. The highest BCUT2D eigenvalue weighted by Crippen LogP contribution is 2.33. The topological polar surface area (TPSA) is 92.4 Å². The Balaban J connectivity index is 1.57.